The maximum Gasteiger partial charge on any atom is 0.314 e. The van der Waals surface area contributed by atoms with E-state index in [9.17, 15) is 9.90 Å². The molecule has 130 valence electrons. The predicted octanol–water partition coefficient (Wildman–Crippen LogP) is 2.39. The van der Waals surface area contributed by atoms with Gasteiger partial charge < -0.3 is 20.6 Å². The number of nitrogens with zero attached hydrogens (tertiary/aromatic N) is 1. The van der Waals surface area contributed by atoms with Crippen LogP contribution in [0.1, 0.15) is 38.8 Å². The van der Waals surface area contributed by atoms with E-state index in [1.165, 1.54) is 5.56 Å². The van der Waals surface area contributed by atoms with E-state index in [0.29, 0.717) is 19.5 Å². The summed E-state index contributed by atoms with van der Waals surface area (Å²) in [6.07, 6.45) is 0.281. The van der Waals surface area contributed by atoms with Crippen LogP contribution in [0.5, 0.6) is 0 Å². The lowest BCUT2D eigenvalue weighted by Crippen LogP contribution is -2.44. The van der Waals surface area contributed by atoms with Crippen LogP contribution in [-0.2, 0) is 0 Å². The molecule has 5 heteroatoms. The van der Waals surface area contributed by atoms with Crippen molar-refractivity contribution in [2.75, 3.05) is 27.2 Å². The average Bonchev–Trinajstić information content (AvgIpc) is 2.45. The number of hydrogen-bond acceptors (Lipinski definition) is 3. The van der Waals surface area contributed by atoms with E-state index in [0.717, 1.165) is 0 Å². The molecule has 5 nitrogen and oxygen atoms in total. The Hall–Kier alpha value is -1.59. The van der Waals surface area contributed by atoms with Gasteiger partial charge in [-0.25, -0.2) is 4.79 Å². The lowest BCUT2D eigenvalue weighted by Gasteiger charge is -2.28. The van der Waals surface area contributed by atoms with Gasteiger partial charge in [0.15, 0.2) is 0 Å². The maximum atomic E-state index is 12.0. The Balaban J connectivity index is 2.48. The molecule has 1 aromatic rings. The summed E-state index contributed by atoms with van der Waals surface area (Å²) in [5.74, 6) is 0. The molecule has 1 rings (SSSR count). The molecule has 0 aliphatic rings. The number of nitrogens with one attached hydrogen (secondary N) is 2. The van der Waals surface area contributed by atoms with Crippen LogP contribution in [0.3, 0.4) is 0 Å². The highest BCUT2D eigenvalue weighted by molar-refractivity contribution is 5.73. The largest absolute Gasteiger partial charge is 0.393 e. The lowest BCUT2D eigenvalue weighted by atomic mass is 9.87. The van der Waals surface area contributed by atoms with Gasteiger partial charge in [0.2, 0.25) is 0 Å². The summed E-state index contributed by atoms with van der Waals surface area (Å²) in [7, 11) is 4.01. The van der Waals surface area contributed by atoms with Gasteiger partial charge in [0, 0.05) is 13.1 Å². The van der Waals surface area contributed by atoms with E-state index in [4.69, 9.17) is 0 Å². The van der Waals surface area contributed by atoms with Crippen LogP contribution in [0.2, 0.25) is 0 Å². The maximum absolute atomic E-state index is 12.0. The van der Waals surface area contributed by atoms with Gasteiger partial charge in [-0.3, -0.25) is 0 Å². The number of hydrogen-bond donors (Lipinski definition) is 3. The monoisotopic (exact) mass is 321 g/mol. The molecule has 1 aromatic carbocycles. The second-order valence-corrected chi connectivity index (χ2v) is 7.17. The van der Waals surface area contributed by atoms with E-state index < -0.39 is 0 Å². The summed E-state index contributed by atoms with van der Waals surface area (Å²) in [5, 5.41) is 15.3. The number of amides is 2. The average molecular weight is 321 g/mol. The summed E-state index contributed by atoms with van der Waals surface area (Å²) < 4.78 is 0. The number of rotatable bonds is 8. The number of urea groups is 1. The topological polar surface area (TPSA) is 64.6 Å². The minimum atomic E-state index is -0.369. The van der Waals surface area contributed by atoms with Gasteiger partial charge in [-0.2, -0.15) is 0 Å². The van der Waals surface area contributed by atoms with Crippen LogP contribution in [0.25, 0.3) is 0 Å². The number of likely N-dealkylation sites (N-methyl/N-ethyl adjacent to an activating group) is 1. The molecule has 0 radical (unpaired) electrons. The zero-order valence-electron chi connectivity index (χ0n) is 15.0. The summed E-state index contributed by atoms with van der Waals surface area (Å²) in [4.78, 5) is 14.1. The highest BCUT2D eigenvalue weighted by atomic mass is 16.3. The number of carbonyl (C=O) groups is 1. The molecule has 0 fully saturated rings. The van der Waals surface area contributed by atoms with Gasteiger partial charge >= 0.3 is 6.03 Å². The third-order valence-corrected chi connectivity index (χ3v) is 3.84. The Bertz CT molecular complexity index is 472. The van der Waals surface area contributed by atoms with Crippen molar-refractivity contribution >= 4 is 6.03 Å². The fourth-order valence-electron chi connectivity index (χ4n) is 2.72. The fourth-order valence-corrected chi connectivity index (χ4v) is 2.72. The molecule has 0 aliphatic carbocycles. The molecule has 2 unspecified atom stereocenters. The zero-order chi connectivity index (χ0) is 17.5. The fraction of sp³-hybridized carbons (Fsp3) is 0.611. The predicted molar refractivity (Wildman–Crippen MR) is 94.4 cm³/mol. The molecule has 0 bridgehead atoms. The third-order valence-electron chi connectivity index (χ3n) is 3.84. The van der Waals surface area contributed by atoms with Crippen LogP contribution in [0, 0.1) is 5.41 Å². The summed E-state index contributed by atoms with van der Waals surface area (Å²) in [6.45, 7) is 6.91. The number of aliphatic hydroxyl groups excluding tert-OH is 1. The first kappa shape index (κ1) is 19.5. The summed E-state index contributed by atoms with van der Waals surface area (Å²) in [5.41, 5.74) is 1.04. The first-order valence-electron chi connectivity index (χ1n) is 8.12. The highest BCUT2D eigenvalue weighted by Gasteiger charge is 2.21. The van der Waals surface area contributed by atoms with Crippen molar-refractivity contribution < 1.29 is 9.90 Å². The van der Waals surface area contributed by atoms with Crippen molar-refractivity contribution in [2.24, 2.45) is 5.41 Å². The molecule has 0 aromatic heterocycles. The second kappa shape index (κ2) is 8.89. The molecular formula is C18H31N3O2. The Labute approximate surface area is 140 Å². The van der Waals surface area contributed by atoms with Crippen molar-refractivity contribution in [3.63, 3.8) is 0 Å². The van der Waals surface area contributed by atoms with Crippen molar-refractivity contribution in [2.45, 2.75) is 39.3 Å². The van der Waals surface area contributed by atoms with Crippen LogP contribution in [0.4, 0.5) is 4.79 Å². The molecule has 0 aliphatic heterocycles. The smallest absolute Gasteiger partial charge is 0.314 e. The number of aliphatic hydroxyl groups is 1. The molecule has 2 amide bonds. The van der Waals surface area contributed by atoms with E-state index in [-0.39, 0.29) is 23.6 Å². The van der Waals surface area contributed by atoms with Crippen molar-refractivity contribution in [1.82, 2.24) is 15.5 Å². The summed E-state index contributed by atoms with van der Waals surface area (Å²) >= 11 is 0. The second-order valence-electron chi connectivity index (χ2n) is 7.17. The van der Waals surface area contributed by atoms with E-state index in [2.05, 4.69) is 27.7 Å². The van der Waals surface area contributed by atoms with Gasteiger partial charge in [0.25, 0.3) is 0 Å². The van der Waals surface area contributed by atoms with Crippen molar-refractivity contribution in [3.05, 3.63) is 35.9 Å². The number of carbonyl (C=O) groups excluding carboxylic acids is 1. The number of benzene rings is 1. The molecular weight excluding hydrogens is 290 g/mol. The lowest BCUT2D eigenvalue weighted by molar-refractivity contribution is 0.128. The van der Waals surface area contributed by atoms with Gasteiger partial charge in [-0.05, 0) is 38.4 Å². The zero-order valence-corrected chi connectivity index (χ0v) is 15.0. The van der Waals surface area contributed by atoms with E-state index in [1.54, 1.807) is 6.92 Å². The molecule has 0 saturated heterocycles. The molecule has 3 N–H and O–H groups in total. The van der Waals surface area contributed by atoms with Gasteiger partial charge in [0.05, 0.1) is 12.1 Å². The van der Waals surface area contributed by atoms with Crippen LogP contribution in [0.15, 0.2) is 30.3 Å². The third kappa shape index (κ3) is 7.48. The molecule has 0 saturated carbocycles. The summed E-state index contributed by atoms with van der Waals surface area (Å²) in [6, 6.07) is 10.1. The van der Waals surface area contributed by atoms with Gasteiger partial charge in [0.1, 0.15) is 0 Å². The first-order valence-corrected chi connectivity index (χ1v) is 8.12. The van der Waals surface area contributed by atoms with Crippen LogP contribution >= 0.6 is 0 Å². The van der Waals surface area contributed by atoms with Crippen molar-refractivity contribution in [1.29, 1.82) is 0 Å². The van der Waals surface area contributed by atoms with Crippen LogP contribution in [-0.4, -0.2) is 49.3 Å². The minimum Gasteiger partial charge on any atom is -0.393 e. The van der Waals surface area contributed by atoms with E-state index >= 15 is 0 Å². The molecule has 0 heterocycles. The Kier molecular flexibility index (Phi) is 7.52. The normalized spacial score (nSPS) is 14.4. The Morgan fingerprint density at radius 1 is 1.22 bits per heavy atom. The molecule has 2 atom stereocenters. The quantitative estimate of drug-likeness (QED) is 0.689. The SMILES string of the molecule is CC(O)CC(C)(C)CNC(=O)NCC(c1ccccc1)N(C)C. The van der Waals surface area contributed by atoms with Crippen molar-refractivity contribution in [3.8, 4) is 0 Å². The Morgan fingerprint density at radius 3 is 2.35 bits per heavy atom. The van der Waals surface area contributed by atoms with E-state index in [1.807, 2.05) is 46.1 Å². The minimum absolute atomic E-state index is 0.132. The first-order chi connectivity index (χ1) is 10.7. The van der Waals surface area contributed by atoms with Gasteiger partial charge in [-0.15, -0.1) is 0 Å². The highest BCUT2D eigenvalue weighted by Crippen LogP contribution is 2.21. The standard InChI is InChI=1S/C18H31N3O2/c1-14(22)11-18(2,3)13-20-17(23)19-12-16(21(4)5)15-9-7-6-8-10-15/h6-10,14,16,22H,11-13H2,1-5H3,(H2,19,20,23). The van der Waals surface area contributed by atoms with Crippen LogP contribution < -0.4 is 10.6 Å². The van der Waals surface area contributed by atoms with Gasteiger partial charge in [-0.1, -0.05) is 44.2 Å². The molecule has 23 heavy (non-hydrogen) atoms. The molecule has 0 spiro atoms. The Morgan fingerprint density at radius 2 is 1.83 bits per heavy atom.